The fraction of sp³-hybridized carbons (Fsp3) is 0.176. The van der Waals surface area contributed by atoms with Crippen molar-refractivity contribution in [1.29, 1.82) is 5.26 Å². The maximum Gasteiger partial charge on any atom is 0.203 e. The first-order valence-corrected chi connectivity index (χ1v) is 6.53. The summed E-state index contributed by atoms with van der Waals surface area (Å²) < 4.78 is 5.12. The van der Waals surface area contributed by atoms with Crippen molar-refractivity contribution < 1.29 is 9.21 Å². The Hall–Kier alpha value is -2.60. The summed E-state index contributed by atoms with van der Waals surface area (Å²) in [7, 11) is 0. The maximum absolute atomic E-state index is 12.2. The average molecular weight is 265 g/mol. The number of Topliss-reactive ketones (excluding diaryl/α,β-unsaturated/α-hetero) is 1. The van der Waals surface area contributed by atoms with Gasteiger partial charge in [0.2, 0.25) is 5.78 Å². The molecule has 3 heteroatoms. The molecule has 20 heavy (non-hydrogen) atoms. The van der Waals surface area contributed by atoms with E-state index in [1.807, 2.05) is 18.2 Å². The number of carbonyl (C=O) groups excluding carboxylic acids is 1. The highest BCUT2D eigenvalue weighted by Gasteiger charge is 2.12. The van der Waals surface area contributed by atoms with Crippen molar-refractivity contribution in [1.82, 2.24) is 0 Å². The van der Waals surface area contributed by atoms with E-state index >= 15 is 0 Å². The number of rotatable bonds is 5. The van der Waals surface area contributed by atoms with Gasteiger partial charge in [-0.05, 0) is 24.1 Å². The average Bonchev–Trinajstić information content (AvgIpc) is 2.98. The molecule has 0 saturated heterocycles. The van der Waals surface area contributed by atoms with Crippen LogP contribution in [-0.2, 0) is 6.42 Å². The minimum Gasteiger partial charge on any atom is -0.465 e. The van der Waals surface area contributed by atoms with Gasteiger partial charge < -0.3 is 4.42 Å². The standard InChI is InChI=1S/C17H15NO2/c1-2-4-13-6-8-14(9-7-13)17(19)15(12-18)11-16-5-3-10-20-16/h3,5-11H,2,4H2,1H3/b15-11+. The smallest absolute Gasteiger partial charge is 0.203 e. The second-order valence-electron chi connectivity index (χ2n) is 4.46. The number of carbonyl (C=O) groups is 1. The van der Waals surface area contributed by atoms with Gasteiger partial charge in [-0.15, -0.1) is 0 Å². The Morgan fingerprint density at radius 2 is 2.05 bits per heavy atom. The van der Waals surface area contributed by atoms with Crippen molar-refractivity contribution in [3.05, 3.63) is 65.1 Å². The maximum atomic E-state index is 12.2. The molecular formula is C17H15NO2. The lowest BCUT2D eigenvalue weighted by Crippen LogP contribution is -2.02. The second kappa shape index (κ2) is 6.53. The van der Waals surface area contributed by atoms with Gasteiger partial charge in [-0.25, -0.2) is 0 Å². The molecule has 0 saturated carbocycles. The molecule has 2 aromatic rings. The summed E-state index contributed by atoms with van der Waals surface area (Å²) in [6.45, 7) is 2.11. The van der Waals surface area contributed by atoms with Crippen LogP contribution in [0.3, 0.4) is 0 Å². The van der Waals surface area contributed by atoms with Crippen molar-refractivity contribution in [2.24, 2.45) is 0 Å². The van der Waals surface area contributed by atoms with E-state index in [-0.39, 0.29) is 11.4 Å². The lowest BCUT2D eigenvalue weighted by atomic mass is 10.0. The normalized spacial score (nSPS) is 11.1. The van der Waals surface area contributed by atoms with Crippen LogP contribution < -0.4 is 0 Å². The van der Waals surface area contributed by atoms with E-state index in [1.54, 1.807) is 24.3 Å². The third-order valence-electron chi connectivity index (χ3n) is 2.95. The largest absolute Gasteiger partial charge is 0.465 e. The van der Waals surface area contributed by atoms with Gasteiger partial charge in [0, 0.05) is 11.6 Å². The molecule has 0 fully saturated rings. The molecule has 0 aliphatic carbocycles. The monoisotopic (exact) mass is 265 g/mol. The predicted octanol–water partition coefficient (Wildman–Crippen LogP) is 4.02. The second-order valence-corrected chi connectivity index (χ2v) is 4.46. The molecule has 3 nitrogen and oxygen atoms in total. The Kier molecular flexibility index (Phi) is 4.52. The third kappa shape index (κ3) is 3.24. The number of furan rings is 1. The van der Waals surface area contributed by atoms with E-state index in [2.05, 4.69) is 6.92 Å². The SMILES string of the molecule is CCCc1ccc(C(=O)/C(C#N)=C/c2ccco2)cc1. The number of nitriles is 1. The van der Waals surface area contributed by atoms with Crippen LogP contribution in [0.2, 0.25) is 0 Å². The van der Waals surface area contributed by atoms with Gasteiger partial charge in [-0.3, -0.25) is 4.79 Å². The highest BCUT2D eigenvalue weighted by molar-refractivity contribution is 6.13. The first-order valence-electron chi connectivity index (χ1n) is 6.53. The number of ketones is 1. The molecule has 0 atom stereocenters. The number of aryl methyl sites for hydroxylation is 1. The Bertz CT molecular complexity index is 643. The summed E-state index contributed by atoms with van der Waals surface area (Å²) in [5, 5.41) is 9.11. The fourth-order valence-corrected chi connectivity index (χ4v) is 1.93. The number of hydrogen-bond donors (Lipinski definition) is 0. The zero-order valence-electron chi connectivity index (χ0n) is 11.3. The van der Waals surface area contributed by atoms with Gasteiger partial charge in [0.25, 0.3) is 0 Å². The number of benzene rings is 1. The number of hydrogen-bond acceptors (Lipinski definition) is 3. The van der Waals surface area contributed by atoms with E-state index in [4.69, 9.17) is 9.68 Å². The molecule has 0 N–H and O–H groups in total. The lowest BCUT2D eigenvalue weighted by molar-refractivity contribution is 0.104. The topological polar surface area (TPSA) is 54.0 Å². The van der Waals surface area contributed by atoms with Crippen molar-refractivity contribution in [2.75, 3.05) is 0 Å². The molecule has 0 amide bonds. The van der Waals surface area contributed by atoms with E-state index in [9.17, 15) is 4.79 Å². The van der Waals surface area contributed by atoms with Crippen LogP contribution in [0.5, 0.6) is 0 Å². The minimum absolute atomic E-state index is 0.0724. The Labute approximate surface area is 118 Å². The number of nitrogens with zero attached hydrogens (tertiary/aromatic N) is 1. The highest BCUT2D eigenvalue weighted by Crippen LogP contribution is 2.14. The molecule has 0 spiro atoms. The van der Waals surface area contributed by atoms with Crippen LogP contribution >= 0.6 is 0 Å². The van der Waals surface area contributed by atoms with Crippen molar-refractivity contribution >= 4 is 11.9 Å². The van der Waals surface area contributed by atoms with Crippen LogP contribution in [0.25, 0.3) is 6.08 Å². The van der Waals surface area contributed by atoms with Gasteiger partial charge in [-0.1, -0.05) is 37.6 Å². The Balaban J connectivity index is 2.23. The fourth-order valence-electron chi connectivity index (χ4n) is 1.93. The molecule has 0 radical (unpaired) electrons. The quantitative estimate of drug-likeness (QED) is 0.466. The molecule has 1 aromatic heterocycles. The molecular weight excluding hydrogens is 250 g/mol. The Morgan fingerprint density at radius 1 is 1.30 bits per heavy atom. The predicted molar refractivity (Wildman–Crippen MR) is 77.1 cm³/mol. The van der Waals surface area contributed by atoms with Crippen LogP contribution in [-0.4, -0.2) is 5.78 Å². The van der Waals surface area contributed by atoms with Gasteiger partial charge >= 0.3 is 0 Å². The molecule has 1 aromatic carbocycles. The van der Waals surface area contributed by atoms with Crippen molar-refractivity contribution in [3.8, 4) is 6.07 Å². The highest BCUT2D eigenvalue weighted by atomic mass is 16.3. The first-order chi connectivity index (χ1) is 9.74. The summed E-state index contributed by atoms with van der Waals surface area (Å²) in [5.41, 5.74) is 1.78. The van der Waals surface area contributed by atoms with E-state index in [0.717, 1.165) is 12.8 Å². The van der Waals surface area contributed by atoms with Crippen molar-refractivity contribution in [3.63, 3.8) is 0 Å². The van der Waals surface area contributed by atoms with Crippen LogP contribution in [0.15, 0.2) is 52.7 Å². The summed E-state index contributed by atoms with van der Waals surface area (Å²) in [4.78, 5) is 12.2. The summed E-state index contributed by atoms with van der Waals surface area (Å²) in [6.07, 6.45) is 5.02. The molecule has 1 heterocycles. The van der Waals surface area contributed by atoms with Gasteiger partial charge in [-0.2, -0.15) is 5.26 Å². The Morgan fingerprint density at radius 3 is 2.60 bits per heavy atom. The van der Waals surface area contributed by atoms with Gasteiger partial charge in [0.15, 0.2) is 0 Å². The molecule has 0 aliphatic heterocycles. The van der Waals surface area contributed by atoms with E-state index in [0.29, 0.717) is 11.3 Å². The summed E-state index contributed by atoms with van der Waals surface area (Å²) in [6, 6.07) is 12.7. The summed E-state index contributed by atoms with van der Waals surface area (Å²) in [5.74, 6) is 0.212. The van der Waals surface area contributed by atoms with Crippen LogP contribution in [0, 0.1) is 11.3 Å². The third-order valence-corrected chi connectivity index (χ3v) is 2.95. The lowest BCUT2D eigenvalue weighted by Gasteiger charge is -2.02. The zero-order chi connectivity index (χ0) is 14.4. The molecule has 0 aliphatic rings. The minimum atomic E-state index is -0.285. The van der Waals surface area contributed by atoms with Gasteiger partial charge in [0.05, 0.1) is 6.26 Å². The molecule has 2 rings (SSSR count). The van der Waals surface area contributed by atoms with E-state index < -0.39 is 0 Å². The zero-order valence-corrected chi connectivity index (χ0v) is 11.3. The van der Waals surface area contributed by atoms with Crippen molar-refractivity contribution in [2.45, 2.75) is 19.8 Å². The van der Waals surface area contributed by atoms with Crippen LogP contribution in [0.1, 0.15) is 35.0 Å². The molecule has 0 bridgehead atoms. The summed E-state index contributed by atoms with van der Waals surface area (Å²) >= 11 is 0. The molecule has 100 valence electrons. The van der Waals surface area contributed by atoms with E-state index in [1.165, 1.54) is 17.9 Å². The first kappa shape index (κ1) is 13.8. The number of allylic oxidation sites excluding steroid dienone is 1. The van der Waals surface area contributed by atoms with Gasteiger partial charge in [0.1, 0.15) is 17.4 Å². The molecule has 0 unspecified atom stereocenters. The van der Waals surface area contributed by atoms with Crippen LogP contribution in [0.4, 0.5) is 0 Å².